The van der Waals surface area contributed by atoms with E-state index < -0.39 is 17.6 Å². The van der Waals surface area contributed by atoms with Crippen LogP contribution >= 0.6 is 0 Å². The van der Waals surface area contributed by atoms with E-state index in [0.717, 1.165) is 44.1 Å². The fraction of sp³-hybridized carbons (Fsp3) is 0.357. The molecule has 0 N–H and O–H groups in total. The highest BCUT2D eigenvalue weighted by Crippen LogP contribution is 2.38. The summed E-state index contributed by atoms with van der Waals surface area (Å²) in [4.78, 5) is 4.72. The van der Waals surface area contributed by atoms with Gasteiger partial charge in [0.1, 0.15) is 5.82 Å². The van der Waals surface area contributed by atoms with Gasteiger partial charge in [-0.25, -0.2) is 4.39 Å². The molecule has 5 rings (SSSR count). The maximum Gasteiger partial charge on any atom is 0.416 e. The third-order valence-electron chi connectivity index (χ3n) is 7.23. The maximum atomic E-state index is 14.6. The highest BCUT2D eigenvalue weighted by molar-refractivity contribution is 5.35. The van der Waals surface area contributed by atoms with Crippen LogP contribution in [0, 0.1) is 5.82 Å². The molecule has 3 aromatic carbocycles. The summed E-state index contributed by atoms with van der Waals surface area (Å²) in [5.41, 5.74) is 1.75. The van der Waals surface area contributed by atoms with Gasteiger partial charge in [0.2, 0.25) is 0 Å². The van der Waals surface area contributed by atoms with E-state index in [1.54, 1.807) is 0 Å². The lowest BCUT2D eigenvalue weighted by Crippen LogP contribution is -2.57. The van der Waals surface area contributed by atoms with Gasteiger partial charge < -0.3 is 0 Å². The normalized spacial score (nSPS) is 21.7. The zero-order valence-corrected chi connectivity index (χ0v) is 18.9. The lowest BCUT2D eigenvalue weighted by molar-refractivity contribution is -0.137. The molecule has 0 saturated carbocycles. The smallest absolute Gasteiger partial charge is 0.296 e. The molecular weight excluding hydrogens is 440 g/mol. The molecule has 2 atom stereocenters. The number of hydrogen-bond acceptors (Lipinski definition) is 2. The average Bonchev–Trinajstić information content (AvgIpc) is 3.30. The van der Waals surface area contributed by atoms with Crippen molar-refractivity contribution in [1.29, 1.82) is 0 Å². The highest BCUT2D eigenvalue weighted by atomic mass is 19.4. The van der Waals surface area contributed by atoms with Gasteiger partial charge in [0.05, 0.1) is 5.56 Å². The SMILES string of the molecule is Fc1ccc(C(F)(F)F)cc1CN1C[C@@H]2CCCN2[C@H](C(c2ccccc2)c2ccccc2)C1. The Labute approximate surface area is 197 Å². The van der Waals surface area contributed by atoms with Gasteiger partial charge in [-0.1, -0.05) is 60.7 Å². The third-order valence-corrected chi connectivity index (χ3v) is 7.23. The van der Waals surface area contributed by atoms with Crippen molar-refractivity contribution in [2.75, 3.05) is 19.6 Å². The van der Waals surface area contributed by atoms with Crippen molar-refractivity contribution in [1.82, 2.24) is 9.80 Å². The predicted molar refractivity (Wildman–Crippen MR) is 125 cm³/mol. The van der Waals surface area contributed by atoms with Gasteiger partial charge in [0.15, 0.2) is 0 Å². The Balaban J connectivity index is 1.48. The first kappa shape index (κ1) is 23.1. The van der Waals surface area contributed by atoms with E-state index in [1.165, 1.54) is 11.1 Å². The first-order valence-electron chi connectivity index (χ1n) is 11.8. The molecule has 2 aliphatic heterocycles. The molecule has 0 unspecified atom stereocenters. The fourth-order valence-corrected chi connectivity index (χ4v) is 5.73. The van der Waals surface area contributed by atoms with Crippen LogP contribution in [0.3, 0.4) is 0 Å². The summed E-state index contributed by atoms with van der Waals surface area (Å²) in [6.45, 7) is 2.59. The van der Waals surface area contributed by atoms with Crippen molar-refractivity contribution >= 4 is 0 Å². The summed E-state index contributed by atoms with van der Waals surface area (Å²) < 4.78 is 54.3. The quantitative estimate of drug-likeness (QED) is 0.404. The summed E-state index contributed by atoms with van der Waals surface area (Å²) in [5, 5.41) is 0. The fourth-order valence-electron chi connectivity index (χ4n) is 5.73. The van der Waals surface area contributed by atoms with Gasteiger partial charge in [-0.05, 0) is 48.7 Å². The van der Waals surface area contributed by atoms with Crippen LogP contribution in [0.1, 0.15) is 41.0 Å². The van der Waals surface area contributed by atoms with Crippen LogP contribution in [-0.2, 0) is 12.7 Å². The van der Waals surface area contributed by atoms with Crippen molar-refractivity contribution < 1.29 is 17.6 Å². The van der Waals surface area contributed by atoms with Crippen LogP contribution in [0.4, 0.5) is 17.6 Å². The van der Waals surface area contributed by atoms with E-state index >= 15 is 0 Å². The van der Waals surface area contributed by atoms with Gasteiger partial charge in [-0.15, -0.1) is 0 Å². The van der Waals surface area contributed by atoms with Gasteiger partial charge in [0, 0.05) is 43.2 Å². The molecule has 0 amide bonds. The van der Waals surface area contributed by atoms with Crippen LogP contribution in [0.5, 0.6) is 0 Å². The number of hydrogen-bond donors (Lipinski definition) is 0. The zero-order chi connectivity index (χ0) is 23.7. The van der Waals surface area contributed by atoms with E-state index in [2.05, 4.69) is 34.1 Å². The molecule has 2 aliphatic rings. The van der Waals surface area contributed by atoms with Gasteiger partial charge >= 0.3 is 6.18 Å². The number of piperazine rings is 1. The van der Waals surface area contributed by atoms with Crippen LogP contribution in [0.25, 0.3) is 0 Å². The molecule has 2 heterocycles. The number of nitrogens with zero attached hydrogens (tertiary/aromatic N) is 2. The molecule has 0 spiro atoms. The average molecular weight is 469 g/mol. The Morgan fingerprint density at radius 2 is 1.50 bits per heavy atom. The molecule has 0 radical (unpaired) electrons. The van der Waals surface area contributed by atoms with Crippen molar-refractivity contribution in [2.24, 2.45) is 0 Å². The Kier molecular flexibility index (Phi) is 6.45. The Morgan fingerprint density at radius 1 is 0.853 bits per heavy atom. The van der Waals surface area contributed by atoms with Gasteiger partial charge in [0.25, 0.3) is 0 Å². The lowest BCUT2D eigenvalue weighted by atomic mass is 9.82. The number of benzene rings is 3. The molecule has 3 aromatic rings. The Bertz CT molecular complexity index is 1060. The molecule has 2 saturated heterocycles. The molecule has 2 fully saturated rings. The third kappa shape index (κ3) is 4.75. The largest absolute Gasteiger partial charge is 0.416 e. The molecule has 0 aliphatic carbocycles. The summed E-state index contributed by atoms with van der Waals surface area (Å²) in [7, 11) is 0. The number of rotatable bonds is 5. The van der Waals surface area contributed by atoms with Crippen LogP contribution < -0.4 is 0 Å². The number of halogens is 4. The van der Waals surface area contributed by atoms with E-state index in [4.69, 9.17) is 0 Å². The van der Waals surface area contributed by atoms with Crippen molar-refractivity contribution in [3.63, 3.8) is 0 Å². The Morgan fingerprint density at radius 3 is 2.12 bits per heavy atom. The lowest BCUT2D eigenvalue weighted by Gasteiger charge is -2.47. The second-order valence-electron chi connectivity index (χ2n) is 9.40. The molecule has 2 nitrogen and oxygen atoms in total. The van der Waals surface area contributed by atoms with E-state index in [9.17, 15) is 17.6 Å². The van der Waals surface area contributed by atoms with Crippen LogP contribution in [-0.4, -0.2) is 41.5 Å². The first-order valence-corrected chi connectivity index (χ1v) is 11.8. The van der Waals surface area contributed by atoms with Crippen LogP contribution in [0.2, 0.25) is 0 Å². The predicted octanol–water partition coefficient (Wildman–Crippen LogP) is 6.33. The molecular formula is C28H28F4N2. The minimum atomic E-state index is -4.49. The standard InChI is InChI=1S/C28H28F4N2/c29-25-14-13-23(28(30,31)32)16-22(25)17-33-18-24-12-7-15-34(24)26(19-33)27(20-8-3-1-4-9-20)21-10-5-2-6-11-21/h1-6,8-11,13-14,16,24,26-27H,7,12,15,17-19H2/t24-,26-/m0/s1. The zero-order valence-electron chi connectivity index (χ0n) is 18.9. The van der Waals surface area contributed by atoms with E-state index in [0.29, 0.717) is 12.6 Å². The number of alkyl halides is 3. The summed E-state index contributed by atoms with van der Waals surface area (Å²) in [5.74, 6) is -0.460. The van der Waals surface area contributed by atoms with Crippen molar-refractivity contribution in [3.8, 4) is 0 Å². The van der Waals surface area contributed by atoms with Crippen LogP contribution in [0.15, 0.2) is 78.9 Å². The number of fused-ring (bicyclic) bond motifs is 1. The molecule has 34 heavy (non-hydrogen) atoms. The second kappa shape index (κ2) is 9.51. The minimum absolute atomic E-state index is 0.107. The summed E-state index contributed by atoms with van der Waals surface area (Å²) >= 11 is 0. The molecule has 6 heteroatoms. The maximum absolute atomic E-state index is 14.6. The van der Waals surface area contributed by atoms with E-state index in [1.807, 2.05) is 36.4 Å². The van der Waals surface area contributed by atoms with Gasteiger partial charge in [-0.3, -0.25) is 9.80 Å². The van der Waals surface area contributed by atoms with Gasteiger partial charge in [-0.2, -0.15) is 13.2 Å². The summed E-state index contributed by atoms with van der Waals surface area (Å²) in [6, 6.07) is 24.0. The van der Waals surface area contributed by atoms with Crippen molar-refractivity contribution in [2.45, 2.75) is 43.6 Å². The summed E-state index contributed by atoms with van der Waals surface area (Å²) in [6.07, 6.45) is -2.33. The topological polar surface area (TPSA) is 6.48 Å². The molecule has 0 aromatic heterocycles. The Hall–Kier alpha value is -2.70. The monoisotopic (exact) mass is 468 g/mol. The molecule has 0 bridgehead atoms. The second-order valence-corrected chi connectivity index (χ2v) is 9.40. The van der Waals surface area contributed by atoms with Crippen molar-refractivity contribution in [3.05, 3.63) is 107 Å². The first-order chi connectivity index (χ1) is 16.4. The molecule has 178 valence electrons. The highest BCUT2D eigenvalue weighted by Gasteiger charge is 2.42. The minimum Gasteiger partial charge on any atom is -0.296 e. The van der Waals surface area contributed by atoms with E-state index in [-0.39, 0.29) is 24.1 Å².